The van der Waals surface area contributed by atoms with Crippen LogP contribution < -0.4 is 24.6 Å². The van der Waals surface area contributed by atoms with Gasteiger partial charge in [-0.25, -0.2) is 0 Å². The van der Waals surface area contributed by atoms with Gasteiger partial charge < -0.3 is 24.6 Å². The van der Waals surface area contributed by atoms with Crippen molar-refractivity contribution < 1.29 is 31.4 Å². The normalized spacial score (nSPS) is 14.5. The summed E-state index contributed by atoms with van der Waals surface area (Å²) in [5.41, 5.74) is -2.59. The Bertz CT molecular complexity index is 1210. The molecule has 1 aromatic heterocycles. The van der Waals surface area contributed by atoms with Gasteiger partial charge in [-0.05, 0) is 42.5 Å². The number of rotatable bonds is 8. The standard InChI is InChI=1S/C22H19Cl2F5N6O2/c23-14-2-1-3-16(12-14)34-8-10-35(11-9-34)19-31-18(32-20(33-19)36-13-21(25,26)27)30-15-4-6-17(7-5-15)37-22(24,28)29/h1-7,12H,8-11,13H2,(H,30,31,32,33). The van der Waals surface area contributed by atoms with Gasteiger partial charge in [0.2, 0.25) is 11.9 Å². The van der Waals surface area contributed by atoms with Crippen LogP contribution in [-0.2, 0) is 0 Å². The first-order valence-electron chi connectivity index (χ1n) is 10.8. The molecule has 1 aliphatic rings. The van der Waals surface area contributed by atoms with Crippen LogP contribution in [0.15, 0.2) is 48.5 Å². The molecule has 0 bridgehead atoms. The zero-order valence-electron chi connectivity index (χ0n) is 18.9. The number of hydrogen-bond acceptors (Lipinski definition) is 8. The molecule has 0 unspecified atom stereocenters. The molecule has 0 aliphatic carbocycles. The van der Waals surface area contributed by atoms with Crippen LogP contribution in [0.3, 0.4) is 0 Å². The molecule has 0 saturated carbocycles. The van der Waals surface area contributed by atoms with E-state index in [1.54, 1.807) is 11.0 Å². The second-order valence-electron chi connectivity index (χ2n) is 7.80. The van der Waals surface area contributed by atoms with Crippen molar-refractivity contribution >= 4 is 46.5 Å². The number of piperazine rings is 1. The van der Waals surface area contributed by atoms with E-state index in [2.05, 4.69) is 29.9 Å². The van der Waals surface area contributed by atoms with Crippen molar-refractivity contribution in [1.82, 2.24) is 15.0 Å². The summed E-state index contributed by atoms with van der Waals surface area (Å²) in [6.07, 6.45) is -4.59. The SMILES string of the molecule is FC(F)(F)COc1nc(Nc2ccc(OC(F)(F)Cl)cc2)nc(N2CCN(c3cccc(Cl)c3)CC2)n1. The van der Waals surface area contributed by atoms with E-state index >= 15 is 0 Å². The first-order valence-corrected chi connectivity index (χ1v) is 11.5. The Hall–Kier alpha value is -3.32. The molecule has 0 amide bonds. The minimum Gasteiger partial charge on any atom is -0.454 e. The third-order valence-electron chi connectivity index (χ3n) is 5.05. The summed E-state index contributed by atoms with van der Waals surface area (Å²) in [6.45, 7) is 0.512. The van der Waals surface area contributed by atoms with Gasteiger partial charge in [0, 0.05) is 54.2 Å². The molecule has 8 nitrogen and oxygen atoms in total. The van der Waals surface area contributed by atoms with Gasteiger partial charge in [-0.1, -0.05) is 17.7 Å². The zero-order chi connectivity index (χ0) is 26.6. The number of anilines is 4. The molecule has 1 saturated heterocycles. The van der Waals surface area contributed by atoms with Crippen molar-refractivity contribution in [2.45, 2.75) is 11.7 Å². The maximum absolute atomic E-state index is 12.8. The summed E-state index contributed by atoms with van der Waals surface area (Å²) >= 11 is 10.8. The lowest BCUT2D eigenvalue weighted by molar-refractivity contribution is -0.154. The second-order valence-corrected chi connectivity index (χ2v) is 8.67. The molecule has 1 fully saturated rings. The average molecular weight is 565 g/mol. The van der Waals surface area contributed by atoms with Crippen molar-refractivity contribution in [3.8, 4) is 11.8 Å². The summed E-state index contributed by atoms with van der Waals surface area (Å²) < 4.78 is 72.8. The van der Waals surface area contributed by atoms with Gasteiger partial charge in [0.25, 0.3) is 0 Å². The van der Waals surface area contributed by atoms with Gasteiger partial charge in [0.15, 0.2) is 6.61 Å². The summed E-state index contributed by atoms with van der Waals surface area (Å²) in [7, 11) is 0. The number of aromatic nitrogens is 3. The molecule has 2 aromatic carbocycles. The predicted octanol–water partition coefficient (Wildman–Crippen LogP) is 5.70. The highest BCUT2D eigenvalue weighted by Gasteiger charge is 2.30. The number of alkyl halides is 6. The topological polar surface area (TPSA) is 75.6 Å². The molecule has 1 N–H and O–H groups in total. The molecule has 0 atom stereocenters. The fourth-order valence-electron chi connectivity index (χ4n) is 3.46. The van der Waals surface area contributed by atoms with E-state index in [-0.39, 0.29) is 17.6 Å². The van der Waals surface area contributed by atoms with Crippen LogP contribution in [0.25, 0.3) is 0 Å². The highest BCUT2D eigenvalue weighted by molar-refractivity contribution is 6.30. The molecule has 198 valence electrons. The Morgan fingerprint density at radius 3 is 2.19 bits per heavy atom. The van der Waals surface area contributed by atoms with Crippen LogP contribution in [0.1, 0.15) is 0 Å². The van der Waals surface area contributed by atoms with Crippen LogP contribution in [0.5, 0.6) is 11.8 Å². The number of ether oxygens (including phenoxy) is 2. The minimum absolute atomic E-state index is 0.101. The molecule has 0 spiro atoms. The highest BCUT2D eigenvalue weighted by Crippen LogP contribution is 2.28. The molecule has 15 heteroatoms. The van der Waals surface area contributed by atoms with Gasteiger partial charge in [-0.3, -0.25) is 0 Å². The average Bonchev–Trinajstić information content (AvgIpc) is 2.83. The van der Waals surface area contributed by atoms with Gasteiger partial charge in [0.05, 0.1) is 0 Å². The van der Waals surface area contributed by atoms with Crippen molar-refractivity contribution in [2.75, 3.05) is 47.9 Å². The maximum atomic E-state index is 12.8. The predicted molar refractivity (Wildman–Crippen MR) is 128 cm³/mol. The van der Waals surface area contributed by atoms with Crippen LogP contribution in [0, 0.1) is 0 Å². The molecule has 2 heterocycles. The minimum atomic E-state index is -4.59. The number of nitrogens with zero attached hydrogens (tertiary/aromatic N) is 5. The van der Waals surface area contributed by atoms with Crippen molar-refractivity contribution in [3.63, 3.8) is 0 Å². The van der Waals surface area contributed by atoms with Gasteiger partial charge in [-0.15, -0.1) is 8.78 Å². The Morgan fingerprint density at radius 1 is 0.892 bits per heavy atom. The fraction of sp³-hybridized carbons (Fsp3) is 0.318. The number of benzene rings is 2. The van der Waals surface area contributed by atoms with Crippen molar-refractivity contribution in [1.29, 1.82) is 0 Å². The van der Waals surface area contributed by atoms with Crippen molar-refractivity contribution in [3.05, 3.63) is 53.6 Å². The first kappa shape index (κ1) is 26.7. The molecular formula is C22H19Cl2F5N6O2. The van der Waals surface area contributed by atoms with Crippen LogP contribution in [-0.4, -0.2) is 59.5 Å². The molecular weight excluding hydrogens is 546 g/mol. The van der Waals surface area contributed by atoms with Crippen LogP contribution >= 0.6 is 23.2 Å². The van der Waals surface area contributed by atoms with Crippen molar-refractivity contribution in [2.24, 2.45) is 0 Å². The van der Waals surface area contributed by atoms with E-state index in [9.17, 15) is 22.0 Å². The zero-order valence-corrected chi connectivity index (χ0v) is 20.4. The second kappa shape index (κ2) is 11.0. The largest absolute Gasteiger partial charge is 0.487 e. The van der Waals surface area contributed by atoms with Gasteiger partial charge >= 0.3 is 17.8 Å². The smallest absolute Gasteiger partial charge is 0.454 e. The number of nitrogens with one attached hydrogen (secondary N) is 1. The number of halogens is 7. The lowest BCUT2D eigenvalue weighted by Crippen LogP contribution is -2.47. The van der Waals surface area contributed by atoms with E-state index in [1.165, 1.54) is 24.3 Å². The summed E-state index contributed by atoms with van der Waals surface area (Å²) in [4.78, 5) is 16.2. The Kier molecular flexibility index (Phi) is 7.93. The van der Waals surface area contributed by atoms with Crippen LogP contribution in [0.2, 0.25) is 5.02 Å². The molecule has 1 aliphatic heterocycles. The Morgan fingerprint density at radius 2 is 1.57 bits per heavy atom. The lowest BCUT2D eigenvalue weighted by atomic mass is 10.2. The summed E-state index contributed by atoms with van der Waals surface area (Å²) in [5, 5.41) is 3.41. The van der Waals surface area contributed by atoms with E-state index in [0.29, 0.717) is 36.9 Å². The van der Waals surface area contributed by atoms with Gasteiger partial charge in [0.1, 0.15) is 5.75 Å². The Labute approximate surface area is 217 Å². The fourth-order valence-corrected chi connectivity index (χ4v) is 3.73. The highest BCUT2D eigenvalue weighted by atomic mass is 35.5. The first-order chi connectivity index (χ1) is 17.4. The molecule has 0 radical (unpaired) electrons. The van der Waals surface area contributed by atoms with Crippen LogP contribution in [0.4, 0.5) is 45.2 Å². The molecule has 37 heavy (non-hydrogen) atoms. The monoisotopic (exact) mass is 564 g/mol. The van der Waals surface area contributed by atoms with E-state index < -0.39 is 24.4 Å². The summed E-state index contributed by atoms with van der Waals surface area (Å²) in [6, 6.07) is 12.1. The number of hydrogen-bond donors (Lipinski definition) is 1. The molecule has 4 rings (SSSR count). The molecule has 3 aromatic rings. The van der Waals surface area contributed by atoms with E-state index in [4.69, 9.17) is 27.9 Å². The lowest BCUT2D eigenvalue weighted by Gasteiger charge is -2.36. The summed E-state index contributed by atoms with van der Waals surface area (Å²) in [5.74, 6) is -0.188. The van der Waals surface area contributed by atoms with Gasteiger partial charge in [-0.2, -0.15) is 28.1 Å². The van der Waals surface area contributed by atoms with E-state index in [1.807, 2.05) is 18.2 Å². The Balaban J connectivity index is 1.51. The van der Waals surface area contributed by atoms with E-state index in [0.717, 1.165) is 5.69 Å². The maximum Gasteiger partial charge on any atom is 0.487 e. The quantitative estimate of drug-likeness (QED) is 0.275. The third kappa shape index (κ3) is 8.09. The third-order valence-corrected chi connectivity index (χ3v) is 5.36.